The number of hydrogen-bond acceptors (Lipinski definition) is 2. The van der Waals surface area contributed by atoms with Crippen LogP contribution in [0.5, 0.6) is 0 Å². The van der Waals surface area contributed by atoms with Gasteiger partial charge in [0.2, 0.25) is 0 Å². The largest absolute Gasteiger partial charge is 0.371 e. The number of aromatic nitrogens is 1. The molecule has 0 saturated heterocycles. The maximum absolute atomic E-state index is 5.39. The SMILES string of the molecule is CCN(CC)c1c(-c2ccccc2)c(C(c2ccccc2)c2ccccc2)nc2ccccc12. The van der Waals surface area contributed by atoms with E-state index in [9.17, 15) is 0 Å². The van der Waals surface area contributed by atoms with Crippen molar-refractivity contribution in [2.24, 2.45) is 0 Å². The molecule has 0 aliphatic heterocycles. The quantitative estimate of drug-likeness (QED) is 0.254. The molecule has 0 atom stereocenters. The molecule has 168 valence electrons. The Morgan fingerprint density at radius 2 is 1.12 bits per heavy atom. The third-order valence-electron chi connectivity index (χ3n) is 6.57. The molecule has 34 heavy (non-hydrogen) atoms. The number of nitrogens with zero attached hydrogens (tertiary/aromatic N) is 2. The summed E-state index contributed by atoms with van der Waals surface area (Å²) >= 11 is 0. The Hall–Kier alpha value is -3.91. The van der Waals surface area contributed by atoms with Crippen molar-refractivity contribution in [3.63, 3.8) is 0 Å². The van der Waals surface area contributed by atoms with E-state index in [0.29, 0.717) is 0 Å². The van der Waals surface area contributed by atoms with E-state index in [2.05, 4.69) is 134 Å². The molecule has 0 aliphatic carbocycles. The van der Waals surface area contributed by atoms with Crippen LogP contribution in [0, 0.1) is 0 Å². The van der Waals surface area contributed by atoms with Gasteiger partial charge >= 0.3 is 0 Å². The van der Waals surface area contributed by atoms with Gasteiger partial charge in [0.15, 0.2) is 0 Å². The van der Waals surface area contributed by atoms with Crippen LogP contribution in [-0.4, -0.2) is 18.1 Å². The van der Waals surface area contributed by atoms with Crippen LogP contribution in [0.4, 0.5) is 5.69 Å². The fraction of sp³-hybridized carbons (Fsp3) is 0.156. The second-order valence-electron chi connectivity index (χ2n) is 8.53. The normalized spacial score (nSPS) is 11.1. The van der Waals surface area contributed by atoms with Crippen molar-refractivity contribution in [1.82, 2.24) is 4.98 Å². The Bertz CT molecular complexity index is 1320. The fourth-order valence-electron chi connectivity index (χ4n) is 4.98. The van der Waals surface area contributed by atoms with Gasteiger partial charge in [0.1, 0.15) is 0 Å². The van der Waals surface area contributed by atoms with Crippen molar-refractivity contribution < 1.29 is 0 Å². The Morgan fingerprint density at radius 1 is 0.618 bits per heavy atom. The van der Waals surface area contributed by atoms with Crippen molar-refractivity contribution in [3.8, 4) is 11.1 Å². The molecule has 2 nitrogen and oxygen atoms in total. The highest BCUT2D eigenvalue weighted by Crippen LogP contribution is 2.44. The predicted molar refractivity (Wildman–Crippen MR) is 145 cm³/mol. The van der Waals surface area contributed by atoms with Gasteiger partial charge in [-0.1, -0.05) is 109 Å². The highest BCUT2D eigenvalue weighted by Gasteiger charge is 2.27. The maximum Gasteiger partial charge on any atom is 0.0727 e. The molecule has 0 spiro atoms. The fourth-order valence-corrected chi connectivity index (χ4v) is 4.98. The van der Waals surface area contributed by atoms with Gasteiger partial charge in [0, 0.05) is 24.0 Å². The topological polar surface area (TPSA) is 16.1 Å². The molecule has 0 unspecified atom stereocenters. The summed E-state index contributed by atoms with van der Waals surface area (Å²) in [6, 6.07) is 40.9. The molecule has 2 heteroatoms. The summed E-state index contributed by atoms with van der Waals surface area (Å²) in [6.07, 6.45) is 0. The summed E-state index contributed by atoms with van der Waals surface area (Å²) < 4.78 is 0. The van der Waals surface area contributed by atoms with E-state index in [1.165, 1.54) is 33.3 Å². The molecule has 0 N–H and O–H groups in total. The van der Waals surface area contributed by atoms with Gasteiger partial charge in [-0.25, -0.2) is 0 Å². The van der Waals surface area contributed by atoms with Crippen molar-refractivity contribution in [2.45, 2.75) is 19.8 Å². The number of benzene rings is 4. The predicted octanol–water partition coefficient (Wildman–Crippen LogP) is 7.93. The van der Waals surface area contributed by atoms with E-state index in [1.54, 1.807) is 0 Å². The Kier molecular flexibility index (Phi) is 6.40. The minimum atomic E-state index is 0.0246. The lowest BCUT2D eigenvalue weighted by molar-refractivity contribution is 0.863. The van der Waals surface area contributed by atoms with E-state index < -0.39 is 0 Å². The first kappa shape index (κ1) is 21.9. The van der Waals surface area contributed by atoms with Crippen LogP contribution in [0.15, 0.2) is 115 Å². The molecule has 0 aliphatic rings. The molecule has 5 rings (SSSR count). The van der Waals surface area contributed by atoms with Crippen LogP contribution in [-0.2, 0) is 0 Å². The Balaban J connectivity index is 1.93. The van der Waals surface area contributed by atoms with Gasteiger partial charge in [-0.05, 0) is 36.6 Å². The first-order valence-electron chi connectivity index (χ1n) is 12.1. The second kappa shape index (κ2) is 9.93. The number of hydrogen-bond donors (Lipinski definition) is 0. The monoisotopic (exact) mass is 442 g/mol. The molecule has 0 saturated carbocycles. The minimum Gasteiger partial charge on any atom is -0.371 e. The molecule has 0 amide bonds. The number of anilines is 1. The lowest BCUT2D eigenvalue weighted by atomic mass is 9.83. The molecule has 5 aromatic rings. The highest BCUT2D eigenvalue weighted by atomic mass is 15.1. The van der Waals surface area contributed by atoms with Crippen LogP contribution in [0.3, 0.4) is 0 Å². The minimum absolute atomic E-state index is 0.0246. The van der Waals surface area contributed by atoms with Crippen LogP contribution in [0.1, 0.15) is 36.6 Å². The third-order valence-corrected chi connectivity index (χ3v) is 6.57. The molecule has 1 aromatic heterocycles. The summed E-state index contributed by atoms with van der Waals surface area (Å²) in [7, 11) is 0. The van der Waals surface area contributed by atoms with Gasteiger partial charge in [-0.2, -0.15) is 0 Å². The summed E-state index contributed by atoms with van der Waals surface area (Å²) in [6.45, 7) is 6.34. The molecule has 0 bridgehead atoms. The smallest absolute Gasteiger partial charge is 0.0727 e. The van der Waals surface area contributed by atoms with Crippen molar-refractivity contribution in [3.05, 3.63) is 132 Å². The number of rotatable bonds is 7. The zero-order valence-electron chi connectivity index (χ0n) is 19.9. The van der Waals surface area contributed by atoms with E-state index in [1.807, 2.05) is 0 Å². The maximum atomic E-state index is 5.39. The first-order valence-corrected chi connectivity index (χ1v) is 12.1. The van der Waals surface area contributed by atoms with E-state index >= 15 is 0 Å². The summed E-state index contributed by atoms with van der Waals surface area (Å²) in [5.41, 5.74) is 8.34. The summed E-state index contributed by atoms with van der Waals surface area (Å²) in [4.78, 5) is 7.86. The molecule has 0 fully saturated rings. The zero-order valence-corrected chi connectivity index (χ0v) is 19.9. The summed E-state index contributed by atoms with van der Waals surface area (Å²) in [5, 5.41) is 1.20. The lowest BCUT2D eigenvalue weighted by Crippen LogP contribution is -2.24. The average Bonchev–Trinajstić information content (AvgIpc) is 2.91. The standard InChI is InChI=1S/C32H30N2/c1-3-34(4-2)32-27-22-14-15-23-28(27)33-31(30(32)26-20-12-7-13-21-26)29(24-16-8-5-9-17-24)25-18-10-6-11-19-25/h5-23,29H,3-4H2,1-2H3. The molecule has 1 heterocycles. The van der Waals surface area contributed by atoms with E-state index in [-0.39, 0.29) is 5.92 Å². The van der Waals surface area contributed by atoms with Crippen LogP contribution in [0.2, 0.25) is 0 Å². The van der Waals surface area contributed by atoms with Crippen LogP contribution in [0.25, 0.3) is 22.0 Å². The molecule has 4 aromatic carbocycles. The van der Waals surface area contributed by atoms with Gasteiger partial charge in [0.05, 0.1) is 22.8 Å². The number of para-hydroxylation sites is 1. The second-order valence-corrected chi connectivity index (χ2v) is 8.53. The van der Waals surface area contributed by atoms with Gasteiger partial charge in [0.25, 0.3) is 0 Å². The molecular weight excluding hydrogens is 412 g/mol. The van der Waals surface area contributed by atoms with Crippen LogP contribution < -0.4 is 4.90 Å². The Labute approximate surface area is 202 Å². The number of fused-ring (bicyclic) bond motifs is 1. The van der Waals surface area contributed by atoms with Crippen molar-refractivity contribution >= 4 is 16.6 Å². The molecular formula is C32H30N2. The van der Waals surface area contributed by atoms with Gasteiger partial charge in [-0.3, -0.25) is 4.98 Å². The number of pyridine rings is 1. The molecule has 0 radical (unpaired) electrons. The van der Waals surface area contributed by atoms with Crippen molar-refractivity contribution in [2.75, 3.05) is 18.0 Å². The lowest BCUT2D eigenvalue weighted by Gasteiger charge is -2.30. The van der Waals surface area contributed by atoms with Gasteiger partial charge < -0.3 is 4.90 Å². The third kappa shape index (κ3) is 4.08. The van der Waals surface area contributed by atoms with Crippen molar-refractivity contribution in [1.29, 1.82) is 0 Å². The first-order chi connectivity index (χ1) is 16.8. The van der Waals surface area contributed by atoms with Gasteiger partial charge in [-0.15, -0.1) is 0 Å². The Morgan fingerprint density at radius 3 is 1.68 bits per heavy atom. The van der Waals surface area contributed by atoms with E-state index in [4.69, 9.17) is 4.98 Å². The average molecular weight is 443 g/mol. The highest BCUT2D eigenvalue weighted by molar-refractivity contribution is 6.01. The summed E-state index contributed by atoms with van der Waals surface area (Å²) in [5.74, 6) is 0.0246. The zero-order chi connectivity index (χ0) is 23.3. The van der Waals surface area contributed by atoms with Crippen LogP contribution >= 0.6 is 0 Å². The van der Waals surface area contributed by atoms with E-state index in [0.717, 1.165) is 24.3 Å².